The highest BCUT2D eigenvalue weighted by molar-refractivity contribution is 5.97. The van der Waals surface area contributed by atoms with Gasteiger partial charge in [-0.25, -0.2) is 0 Å². The zero-order valence-corrected chi connectivity index (χ0v) is 12.1. The first-order chi connectivity index (χ1) is 10.2. The van der Waals surface area contributed by atoms with E-state index in [-0.39, 0.29) is 11.4 Å². The topological polar surface area (TPSA) is 67.6 Å². The summed E-state index contributed by atoms with van der Waals surface area (Å²) in [5.41, 5.74) is 7.95. The average Bonchev–Trinajstić information content (AvgIpc) is 2.67. The number of nitrogens with two attached hydrogens (primary N) is 1. The molecule has 2 heterocycles. The van der Waals surface area contributed by atoms with Gasteiger partial charge in [0.05, 0.1) is 5.56 Å². The Morgan fingerprint density at radius 2 is 2.38 bits per heavy atom. The fourth-order valence-corrected chi connectivity index (χ4v) is 3.72. The van der Waals surface area contributed by atoms with Crippen LogP contribution in [0.1, 0.15) is 28.8 Å². The van der Waals surface area contributed by atoms with E-state index in [2.05, 4.69) is 5.32 Å². The molecule has 0 unspecified atom stereocenters. The lowest BCUT2D eigenvalue weighted by molar-refractivity contribution is 0.0780. The number of carbonyl (C=O) groups excluding carboxylic acids is 1. The normalized spacial score (nSPS) is 30.7. The van der Waals surface area contributed by atoms with Gasteiger partial charge in [0.25, 0.3) is 5.91 Å². The quantitative estimate of drug-likeness (QED) is 0.799. The fraction of sp³-hybridized carbons (Fsp3) is 0.562. The van der Waals surface area contributed by atoms with Crippen molar-refractivity contribution in [2.45, 2.75) is 24.9 Å². The number of amides is 1. The summed E-state index contributed by atoms with van der Waals surface area (Å²) in [6.45, 7) is 3.62. The molecule has 0 radical (unpaired) electrons. The lowest BCUT2D eigenvalue weighted by atomic mass is 9.70. The highest BCUT2D eigenvalue weighted by Gasteiger charge is 2.51. The molecule has 0 bridgehead atoms. The zero-order valence-electron chi connectivity index (χ0n) is 12.1. The third kappa shape index (κ3) is 2.03. The SMILES string of the molecule is N[C@]12CC[C@H]1CN(C(=O)c1cccc3c1OCCNC3)C2. The van der Waals surface area contributed by atoms with Crippen LogP contribution in [0.2, 0.25) is 0 Å². The molecule has 2 aliphatic heterocycles. The van der Waals surface area contributed by atoms with Gasteiger partial charge in [-0.2, -0.15) is 0 Å². The predicted octanol–water partition coefficient (Wildman–Crippen LogP) is 0.732. The summed E-state index contributed by atoms with van der Waals surface area (Å²) in [7, 11) is 0. The molecule has 1 aromatic carbocycles. The molecule has 3 N–H and O–H groups in total. The number of hydrogen-bond donors (Lipinski definition) is 2. The highest BCUT2D eigenvalue weighted by atomic mass is 16.5. The molecule has 2 atom stereocenters. The highest BCUT2D eigenvalue weighted by Crippen LogP contribution is 2.43. The van der Waals surface area contributed by atoms with Gasteiger partial charge < -0.3 is 20.7 Å². The Morgan fingerprint density at radius 1 is 1.48 bits per heavy atom. The Hall–Kier alpha value is -1.59. The lowest BCUT2D eigenvalue weighted by Gasteiger charge is -2.39. The van der Waals surface area contributed by atoms with Crippen molar-refractivity contribution < 1.29 is 9.53 Å². The first-order valence-electron chi connectivity index (χ1n) is 7.71. The number of hydrogen-bond acceptors (Lipinski definition) is 4. The van der Waals surface area contributed by atoms with Gasteiger partial charge in [0, 0.05) is 37.3 Å². The monoisotopic (exact) mass is 287 g/mol. The van der Waals surface area contributed by atoms with Crippen molar-refractivity contribution in [1.29, 1.82) is 0 Å². The van der Waals surface area contributed by atoms with Crippen LogP contribution in [0.25, 0.3) is 0 Å². The van der Waals surface area contributed by atoms with Crippen molar-refractivity contribution in [2.24, 2.45) is 11.7 Å². The van der Waals surface area contributed by atoms with E-state index in [1.165, 1.54) is 0 Å². The first kappa shape index (κ1) is 13.1. The summed E-state index contributed by atoms with van der Waals surface area (Å²) in [4.78, 5) is 14.8. The standard InChI is InChI=1S/C16H21N3O2/c17-16-5-4-12(16)9-19(10-16)15(20)13-3-1-2-11-8-18-6-7-21-14(11)13/h1-3,12,18H,4-10,17H2/t12-,16-/m0/s1. The van der Waals surface area contributed by atoms with Crippen molar-refractivity contribution in [2.75, 3.05) is 26.2 Å². The third-order valence-corrected chi connectivity index (χ3v) is 5.15. The maximum Gasteiger partial charge on any atom is 0.257 e. The molecule has 1 aliphatic carbocycles. The summed E-state index contributed by atoms with van der Waals surface area (Å²) >= 11 is 0. The van der Waals surface area contributed by atoms with Gasteiger partial charge in [-0.15, -0.1) is 0 Å². The molecule has 1 saturated carbocycles. The second kappa shape index (κ2) is 4.71. The molecule has 0 spiro atoms. The molecule has 112 valence electrons. The number of carbonyl (C=O) groups is 1. The fourth-order valence-electron chi connectivity index (χ4n) is 3.72. The maximum absolute atomic E-state index is 12.9. The molecular weight excluding hydrogens is 266 g/mol. The Kier molecular flexibility index (Phi) is 2.94. The van der Waals surface area contributed by atoms with E-state index in [0.29, 0.717) is 24.6 Å². The number of benzene rings is 1. The van der Waals surface area contributed by atoms with Crippen molar-refractivity contribution in [3.8, 4) is 5.75 Å². The second-order valence-electron chi connectivity index (χ2n) is 6.47. The molecule has 2 fully saturated rings. The Balaban J connectivity index is 1.63. The van der Waals surface area contributed by atoms with Gasteiger partial charge >= 0.3 is 0 Å². The summed E-state index contributed by atoms with van der Waals surface area (Å²) in [6, 6.07) is 5.82. The van der Waals surface area contributed by atoms with Crippen LogP contribution in [-0.4, -0.2) is 42.6 Å². The van der Waals surface area contributed by atoms with E-state index in [1.54, 1.807) is 0 Å². The molecule has 4 rings (SSSR count). The van der Waals surface area contributed by atoms with Crippen molar-refractivity contribution in [1.82, 2.24) is 10.2 Å². The summed E-state index contributed by atoms with van der Waals surface area (Å²) in [6.07, 6.45) is 2.18. The van der Waals surface area contributed by atoms with Crippen molar-refractivity contribution in [3.05, 3.63) is 29.3 Å². The van der Waals surface area contributed by atoms with Gasteiger partial charge in [-0.05, 0) is 24.8 Å². The van der Waals surface area contributed by atoms with Gasteiger partial charge in [-0.3, -0.25) is 4.79 Å². The van der Waals surface area contributed by atoms with E-state index in [0.717, 1.165) is 43.8 Å². The summed E-state index contributed by atoms with van der Waals surface area (Å²) in [5.74, 6) is 1.29. The summed E-state index contributed by atoms with van der Waals surface area (Å²) in [5, 5.41) is 3.30. The smallest absolute Gasteiger partial charge is 0.257 e. The number of nitrogens with zero attached hydrogens (tertiary/aromatic N) is 1. The molecule has 5 nitrogen and oxygen atoms in total. The third-order valence-electron chi connectivity index (χ3n) is 5.15. The average molecular weight is 287 g/mol. The maximum atomic E-state index is 12.9. The molecule has 1 aromatic rings. The number of fused-ring (bicyclic) bond motifs is 2. The molecule has 1 amide bonds. The van der Waals surface area contributed by atoms with Gasteiger partial charge in [0.15, 0.2) is 0 Å². The summed E-state index contributed by atoms with van der Waals surface area (Å²) < 4.78 is 5.81. The first-order valence-corrected chi connectivity index (χ1v) is 7.71. The van der Waals surface area contributed by atoms with Crippen LogP contribution in [0.3, 0.4) is 0 Å². The Morgan fingerprint density at radius 3 is 3.10 bits per heavy atom. The Labute approximate surface area is 124 Å². The Bertz CT molecular complexity index is 589. The van der Waals surface area contributed by atoms with Crippen LogP contribution in [0.4, 0.5) is 0 Å². The van der Waals surface area contributed by atoms with Crippen molar-refractivity contribution in [3.63, 3.8) is 0 Å². The molecular formula is C16H21N3O2. The van der Waals surface area contributed by atoms with Gasteiger partial charge in [0.2, 0.25) is 0 Å². The molecule has 5 heteroatoms. The van der Waals surface area contributed by atoms with Crippen LogP contribution in [0.15, 0.2) is 18.2 Å². The molecule has 21 heavy (non-hydrogen) atoms. The number of likely N-dealkylation sites (tertiary alicyclic amines) is 1. The lowest BCUT2D eigenvalue weighted by Crippen LogP contribution is -2.54. The molecule has 1 saturated heterocycles. The van der Waals surface area contributed by atoms with E-state index in [1.807, 2.05) is 23.1 Å². The van der Waals surface area contributed by atoms with Crippen molar-refractivity contribution >= 4 is 5.91 Å². The van der Waals surface area contributed by atoms with Crippen LogP contribution in [0.5, 0.6) is 5.75 Å². The minimum atomic E-state index is -0.135. The number of nitrogens with one attached hydrogen (secondary N) is 1. The number of ether oxygens (including phenoxy) is 1. The molecule has 3 aliphatic rings. The van der Waals surface area contributed by atoms with E-state index in [9.17, 15) is 4.79 Å². The van der Waals surface area contributed by atoms with Gasteiger partial charge in [0.1, 0.15) is 12.4 Å². The molecule has 0 aromatic heterocycles. The van der Waals surface area contributed by atoms with Gasteiger partial charge in [-0.1, -0.05) is 12.1 Å². The second-order valence-corrected chi connectivity index (χ2v) is 6.47. The van der Waals surface area contributed by atoms with E-state index >= 15 is 0 Å². The van der Waals surface area contributed by atoms with Crippen LogP contribution >= 0.6 is 0 Å². The van der Waals surface area contributed by atoms with E-state index < -0.39 is 0 Å². The largest absolute Gasteiger partial charge is 0.491 e. The predicted molar refractivity (Wildman–Crippen MR) is 79.2 cm³/mol. The zero-order chi connectivity index (χ0) is 14.4. The van der Waals surface area contributed by atoms with E-state index in [4.69, 9.17) is 10.5 Å². The number of rotatable bonds is 1. The van der Waals surface area contributed by atoms with Crippen LogP contribution < -0.4 is 15.8 Å². The minimum absolute atomic E-state index is 0.0629. The van der Waals surface area contributed by atoms with Crippen LogP contribution in [-0.2, 0) is 6.54 Å². The minimum Gasteiger partial charge on any atom is -0.491 e. The van der Waals surface area contributed by atoms with Crippen LogP contribution in [0, 0.1) is 5.92 Å². The number of para-hydroxylation sites is 1.